The van der Waals surface area contributed by atoms with Crippen LogP contribution in [-0.4, -0.2) is 40.3 Å². The van der Waals surface area contributed by atoms with Gasteiger partial charge >= 0.3 is 0 Å². The zero-order chi connectivity index (χ0) is 17.4. The van der Waals surface area contributed by atoms with Crippen LogP contribution in [0.1, 0.15) is 35.4 Å². The van der Waals surface area contributed by atoms with Gasteiger partial charge < -0.3 is 10.2 Å². The van der Waals surface area contributed by atoms with Crippen molar-refractivity contribution in [1.82, 2.24) is 4.90 Å². The summed E-state index contributed by atoms with van der Waals surface area (Å²) in [6, 6.07) is 14.6. The van der Waals surface area contributed by atoms with Crippen LogP contribution < -0.4 is 0 Å². The Balaban J connectivity index is 1.47. The molecule has 2 aliphatic rings. The zero-order valence-corrected chi connectivity index (χ0v) is 16.4. The number of likely N-dealkylation sites (tertiary alicyclic amines) is 1. The Morgan fingerprint density at radius 2 is 1.64 bits per heavy atom. The summed E-state index contributed by atoms with van der Waals surface area (Å²) in [5.74, 6) is 1.01. The standard InChI is InChI=1S/C21H24INO2/c22-18-6-7-20(24)17-12-19(21(25)13-16(17)18)23-10-8-15(9-11-23)14-4-2-1-3-5-14/h1-7,15,19,21,24-25H,8-13H2/t19-,21-/m1/s1. The molecule has 1 saturated heterocycles. The lowest BCUT2D eigenvalue weighted by atomic mass is 9.82. The summed E-state index contributed by atoms with van der Waals surface area (Å²) in [5, 5.41) is 21.0. The number of benzene rings is 2. The zero-order valence-electron chi connectivity index (χ0n) is 14.2. The highest BCUT2D eigenvalue weighted by atomic mass is 127. The maximum absolute atomic E-state index is 10.7. The maximum Gasteiger partial charge on any atom is 0.119 e. The highest BCUT2D eigenvalue weighted by Gasteiger charge is 2.35. The van der Waals surface area contributed by atoms with Gasteiger partial charge in [-0.3, -0.25) is 4.90 Å². The minimum Gasteiger partial charge on any atom is -0.508 e. The van der Waals surface area contributed by atoms with E-state index in [2.05, 4.69) is 57.8 Å². The number of aliphatic hydroxyl groups is 1. The molecule has 1 fully saturated rings. The number of hydrogen-bond donors (Lipinski definition) is 2. The summed E-state index contributed by atoms with van der Waals surface area (Å²) < 4.78 is 1.14. The van der Waals surface area contributed by atoms with Gasteiger partial charge in [-0.05, 0) is 89.7 Å². The minimum atomic E-state index is -0.351. The summed E-state index contributed by atoms with van der Waals surface area (Å²) in [6.45, 7) is 2.03. The third kappa shape index (κ3) is 3.44. The molecule has 2 atom stereocenters. The highest BCUT2D eigenvalue weighted by Crippen LogP contribution is 2.36. The molecule has 0 spiro atoms. The molecule has 0 bridgehead atoms. The summed E-state index contributed by atoms with van der Waals surface area (Å²) in [5.41, 5.74) is 3.60. The van der Waals surface area contributed by atoms with Gasteiger partial charge in [0.2, 0.25) is 0 Å². The minimum absolute atomic E-state index is 0.119. The van der Waals surface area contributed by atoms with Crippen LogP contribution in [0.4, 0.5) is 0 Å². The first kappa shape index (κ1) is 17.3. The quantitative estimate of drug-likeness (QED) is 0.688. The molecule has 3 nitrogen and oxygen atoms in total. The molecule has 2 aromatic carbocycles. The van der Waals surface area contributed by atoms with Crippen LogP contribution >= 0.6 is 22.6 Å². The molecule has 0 saturated carbocycles. The Labute approximate surface area is 162 Å². The van der Waals surface area contributed by atoms with E-state index in [4.69, 9.17) is 0 Å². The largest absolute Gasteiger partial charge is 0.508 e. The van der Waals surface area contributed by atoms with Crippen LogP contribution in [0.15, 0.2) is 42.5 Å². The van der Waals surface area contributed by atoms with Gasteiger partial charge in [0.25, 0.3) is 0 Å². The normalized spacial score (nSPS) is 24.9. The second kappa shape index (κ2) is 7.25. The summed E-state index contributed by atoms with van der Waals surface area (Å²) in [6.07, 6.45) is 3.31. The Kier molecular flexibility index (Phi) is 5.02. The predicted molar refractivity (Wildman–Crippen MR) is 108 cm³/mol. The van der Waals surface area contributed by atoms with E-state index < -0.39 is 0 Å². The van der Waals surface area contributed by atoms with E-state index in [1.165, 1.54) is 5.56 Å². The van der Waals surface area contributed by atoms with Gasteiger partial charge in [0.05, 0.1) is 6.10 Å². The average Bonchev–Trinajstić information content (AvgIpc) is 2.65. The Bertz CT molecular complexity index is 741. The number of rotatable bonds is 2. The van der Waals surface area contributed by atoms with Crippen LogP contribution in [-0.2, 0) is 12.8 Å². The SMILES string of the molecule is Oc1ccc(I)c2c1C[C@@H](N1CCC(c3ccccc3)CC1)[C@H](O)C2. The van der Waals surface area contributed by atoms with Gasteiger partial charge in [-0.25, -0.2) is 0 Å². The van der Waals surface area contributed by atoms with E-state index in [9.17, 15) is 10.2 Å². The number of halogens is 1. The van der Waals surface area contributed by atoms with Crippen LogP contribution in [0.25, 0.3) is 0 Å². The van der Waals surface area contributed by atoms with Crippen molar-refractivity contribution in [3.63, 3.8) is 0 Å². The molecule has 1 heterocycles. The first-order valence-corrected chi connectivity index (χ1v) is 10.2. The molecule has 132 valence electrons. The topological polar surface area (TPSA) is 43.7 Å². The number of aliphatic hydroxyl groups excluding tert-OH is 1. The van der Waals surface area contributed by atoms with E-state index in [1.54, 1.807) is 6.07 Å². The van der Waals surface area contributed by atoms with Gasteiger partial charge in [-0.15, -0.1) is 0 Å². The number of aromatic hydroxyl groups is 1. The number of phenolic OH excluding ortho intramolecular Hbond substituents is 1. The van der Waals surface area contributed by atoms with Crippen molar-refractivity contribution >= 4 is 22.6 Å². The molecule has 1 aliphatic carbocycles. The van der Waals surface area contributed by atoms with E-state index in [0.29, 0.717) is 18.1 Å². The first-order valence-electron chi connectivity index (χ1n) is 9.09. The second-order valence-corrected chi connectivity index (χ2v) is 8.45. The molecule has 2 aromatic rings. The molecular weight excluding hydrogens is 425 g/mol. The lowest BCUT2D eigenvalue weighted by Gasteiger charge is -2.42. The van der Waals surface area contributed by atoms with Crippen LogP contribution in [0.5, 0.6) is 5.75 Å². The lowest BCUT2D eigenvalue weighted by molar-refractivity contribution is 0.0289. The van der Waals surface area contributed by atoms with Gasteiger partial charge in [-0.2, -0.15) is 0 Å². The first-order chi connectivity index (χ1) is 12.1. The van der Waals surface area contributed by atoms with Crippen molar-refractivity contribution in [2.24, 2.45) is 0 Å². The molecule has 0 aromatic heterocycles. The Morgan fingerprint density at radius 1 is 0.920 bits per heavy atom. The fourth-order valence-electron chi connectivity index (χ4n) is 4.45. The molecule has 0 radical (unpaired) electrons. The van der Waals surface area contributed by atoms with Gasteiger partial charge in [0, 0.05) is 16.0 Å². The Morgan fingerprint density at radius 3 is 2.36 bits per heavy atom. The number of fused-ring (bicyclic) bond motifs is 1. The van der Waals surface area contributed by atoms with E-state index >= 15 is 0 Å². The maximum atomic E-state index is 10.7. The fourth-order valence-corrected chi connectivity index (χ4v) is 5.18. The third-order valence-electron chi connectivity index (χ3n) is 5.89. The molecule has 4 heteroatoms. The number of phenols is 1. The number of hydrogen-bond acceptors (Lipinski definition) is 3. The van der Waals surface area contributed by atoms with E-state index in [0.717, 1.165) is 47.0 Å². The van der Waals surface area contributed by atoms with E-state index in [1.807, 2.05) is 6.07 Å². The average molecular weight is 449 g/mol. The summed E-state index contributed by atoms with van der Waals surface area (Å²) in [4.78, 5) is 2.44. The van der Waals surface area contributed by atoms with Crippen molar-refractivity contribution in [1.29, 1.82) is 0 Å². The number of nitrogens with zero attached hydrogens (tertiary/aromatic N) is 1. The molecule has 0 unspecified atom stereocenters. The summed E-state index contributed by atoms with van der Waals surface area (Å²) >= 11 is 2.30. The van der Waals surface area contributed by atoms with Crippen molar-refractivity contribution in [3.05, 3.63) is 62.7 Å². The highest BCUT2D eigenvalue weighted by molar-refractivity contribution is 14.1. The van der Waals surface area contributed by atoms with Crippen molar-refractivity contribution in [2.75, 3.05) is 13.1 Å². The van der Waals surface area contributed by atoms with Crippen molar-refractivity contribution in [2.45, 2.75) is 43.7 Å². The fraction of sp³-hybridized carbons (Fsp3) is 0.429. The molecule has 2 N–H and O–H groups in total. The molecular formula is C21H24INO2. The van der Waals surface area contributed by atoms with Crippen LogP contribution in [0.3, 0.4) is 0 Å². The predicted octanol–water partition coefficient (Wildman–Crippen LogP) is 3.70. The van der Waals surface area contributed by atoms with Crippen molar-refractivity contribution < 1.29 is 10.2 Å². The van der Waals surface area contributed by atoms with Crippen LogP contribution in [0.2, 0.25) is 0 Å². The molecule has 25 heavy (non-hydrogen) atoms. The Hall–Kier alpha value is -1.11. The smallest absolute Gasteiger partial charge is 0.119 e. The third-order valence-corrected chi connectivity index (χ3v) is 6.90. The molecule has 1 aliphatic heterocycles. The monoisotopic (exact) mass is 449 g/mol. The molecule has 4 rings (SSSR count). The molecule has 0 amide bonds. The number of piperidine rings is 1. The lowest BCUT2D eigenvalue weighted by Crippen LogP contribution is -2.51. The van der Waals surface area contributed by atoms with Gasteiger partial charge in [0.15, 0.2) is 0 Å². The van der Waals surface area contributed by atoms with E-state index in [-0.39, 0.29) is 12.1 Å². The van der Waals surface area contributed by atoms with Crippen molar-refractivity contribution in [3.8, 4) is 5.75 Å². The van der Waals surface area contributed by atoms with Crippen LogP contribution in [0, 0.1) is 3.57 Å². The van der Waals surface area contributed by atoms with Gasteiger partial charge in [0.1, 0.15) is 5.75 Å². The van der Waals surface area contributed by atoms with Gasteiger partial charge in [-0.1, -0.05) is 30.3 Å². The summed E-state index contributed by atoms with van der Waals surface area (Å²) in [7, 11) is 0. The second-order valence-electron chi connectivity index (χ2n) is 7.29.